The first-order chi connectivity index (χ1) is 21.1. The zero-order valence-corrected chi connectivity index (χ0v) is 26.4. The molecule has 0 atom stereocenters. The average Bonchev–Trinajstić information content (AvgIpc) is 3.48. The van der Waals surface area contributed by atoms with Gasteiger partial charge in [0, 0.05) is 16.8 Å². The number of aromatic nitrogens is 4. The Morgan fingerprint density at radius 2 is 1.49 bits per heavy atom. The summed E-state index contributed by atoms with van der Waals surface area (Å²) in [7, 11) is 0. The molecule has 0 spiro atoms. The number of benzene rings is 3. The van der Waals surface area contributed by atoms with Crippen molar-refractivity contribution >= 4 is 34.1 Å². The minimum atomic E-state index is -0.415. The summed E-state index contributed by atoms with van der Waals surface area (Å²) >= 11 is 1.36. The molecule has 1 heterocycles. The summed E-state index contributed by atoms with van der Waals surface area (Å²) < 4.78 is 7.77. The second-order valence-electron chi connectivity index (χ2n) is 10.9. The molecule has 4 rings (SSSR count). The number of aryl methyl sites for hydroxylation is 1. The van der Waals surface area contributed by atoms with E-state index in [1.165, 1.54) is 76.0 Å². The van der Waals surface area contributed by atoms with Gasteiger partial charge in [-0.05, 0) is 59.1 Å². The van der Waals surface area contributed by atoms with Crippen LogP contribution in [0.15, 0.2) is 64.6 Å². The smallest absolute Gasteiger partial charge is 0.259 e. The van der Waals surface area contributed by atoms with E-state index in [2.05, 4.69) is 27.8 Å². The third kappa shape index (κ3) is 9.45. The van der Waals surface area contributed by atoms with Gasteiger partial charge in [-0.15, -0.1) is 5.10 Å². The Morgan fingerprint density at radius 3 is 2.19 bits per heavy atom. The van der Waals surface area contributed by atoms with Crippen molar-refractivity contribution < 1.29 is 14.6 Å². The highest BCUT2D eigenvalue weighted by Crippen LogP contribution is 2.39. The number of hydrogen-bond donors (Lipinski definition) is 2. The first kappa shape index (κ1) is 32.3. The summed E-state index contributed by atoms with van der Waals surface area (Å²) in [6.45, 7) is 5.44. The van der Waals surface area contributed by atoms with Gasteiger partial charge in [0.1, 0.15) is 11.5 Å². The molecule has 0 saturated heterocycles. The summed E-state index contributed by atoms with van der Waals surface area (Å²) in [5.74, 6) is 0.139. The lowest BCUT2D eigenvalue weighted by Gasteiger charge is -2.15. The Kier molecular flexibility index (Phi) is 13.2. The average molecular weight is 604 g/mol. The highest BCUT2D eigenvalue weighted by atomic mass is 32.2. The van der Waals surface area contributed by atoms with E-state index in [4.69, 9.17) is 4.74 Å². The zero-order chi connectivity index (χ0) is 30.3. The molecule has 8 nitrogen and oxygen atoms in total. The van der Waals surface area contributed by atoms with Crippen LogP contribution in [0.25, 0.3) is 10.8 Å². The highest BCUT2D eigenvalue weighted by molar-refractivity contribution is 7.99. The van der Waals surface area contributed by atoms with Gasteiger partial charge in [0.25, 0.3) is 5.91 Å². The van der Waals surface area contributed by atoms with Crippen LogP contribution in [0.3, 0.4) is 0 Å². The van der Waals surface area contributed by atoms with Gasteiger partial charge in [-0.3, -0.25) is 4.79 Å². The maximum Gasteiger partial charge on any atom is 0.259 e. The van der Waals surface area contributed by atoms with Crippen LogP contribution >= 0.6 is 11.8 Å². The SMILES string of the molecule is CCCCCCCCCCCCCCOc1ccccc1NC(=O)c1cc(Sc2nnnn2CC)c2ccccc2c1O. The number of fused-ring (bicyclic) bond motifs is 1. The molecule has 4 aromatic rings. The lowest BCUT2D eigenvalue weighted by atomic mass is 10.0. The summed E-state index contributed by atoms with van der Waals surface area (Å²) in [5, 5.41) is 28.0. The molecule has 3 aromatic carbocycles. The van der Waals surface area contributed by atoms with E-state index in [0.717, 1.165) is 23.1 Å². The number of nitrogens with zero attached hydrogens (tertiary/aromatic N) is 4. The van der Waals surface area contributed by atoms with Crippen molar-refractivity contribution in [1.29, 1.82) is 0 Å². The maximum absolute atomic E-state index is 13.5. The molecule has 0 unspecified atom stereocenters. The van der Waals surface area contributed by atoms with Crippen LogP contribution in [0.2, 0.25) is 0 Å². The largest absolute Gasteiger partial charge is 0.506 e. The van der Waals surface area contributed by atoms with E-state index in [1.807, 2.05) is 49.4 Å². The summed E-state index contributed by atoms with van der Waals surface area (Å²) in [6, 6.07) is 16.6. The Bertz CT molecular complexity index is 1440. The molecule has 2 N–H and O–H groups in total. The van der Waals surface area contributed by atoms with Crippen LogP contribution in [0, 0.1) is 0 Å². The standard InChI is InChI=1S/C34H45N5O3S/c1-3-5-6-7-8-9-10-11-12-13-14-19-24-42-30-23-18-17-22-29(30)35-33(41)28-25-31(43-34-36-37-38-39(34)4-2)26-20-15-16-21-27(26)32(28)40/h15-18,20-23,25,40H,3-14,19,24H2,1-2H3,(H,35,41). The van der Waals surface area contributed by atoms with E-state index >= 15 is 0 Å². The van der Waals surface area contributed by atoms with E-state index in [9.17, 15) is 9.90 Å². The minimum absolute atomic E-state index is 0.0672. The second-order valence-corrected chi connectivity index (χ2v) is 11.9. The zero-order valence-electron chi connectivity index (χ0n) is 25.6. The van der Waals surface area contributed by atoms with Gasteiger partial charge in [0.15, 0.2) is 0 Å². The number of hydrogen-bond acceptors (Lipinski definition) is 7. The fourth-order valence-electron chi connectivity index (χ4n) is 5.16. The normalized spacial score (nSPS) is 11.2. The van der Waals surface area contributed by atoms with E-state index in [1.54, 1.807) is 16.8 Å². The third-order valence-corrected chi connectivity index (χ3v) is 8.65. The van der Waals surface area contributed by atoms with Gasteiger partial charge in [0.05, 0.1) is 17.9 Å². The van der Waals surface area contributed by atoms with Crippen molar-refractivity contribution in [3.05, 3.63) is 60.2 Å². The van der Waals surface area contributed by atoms with Crippen LogP contribution in [0.5, 0.6) is 11.5 Å². The topological polar surface area (TPSA) is 102 Å². The molecule has 1 aromatic heterocycles. The van der Waals surface area contributed by atoms with Crippen molar-refractivity contribution in [2.75, 3.05) is 11.9 Å². The van der Waals surface area contributed by atoms with Gasteiger partial charge < -0.3 is 15.2 Å². The fraction of sp³-hybridized carbons (Fsp3) is 0.471. The monoisotopic (exact) mass is 603 g/mol. The summed E-state index contributed by atoms with van der Waals surface area (Å²) in [5.41, 5.74) is 0.746. The number of para-hydroxylation sites is 2. The van der Waals surface area contributed by atoms with Gasteiger partial charge in [0.2, 0.25) is 5.16 Å². The molecule has 43 heavy (non-hydrogen) atoms. The Labute approximate surface area is 259 Å². The molecule has 0 aliphatic rings. The number of rotatable bonds is 19. The second kappa shape index (κ2) is 17.5. The molecule has 9 heteroatoms. The molecule has 0 aliphatic heterocycles. The lowest BCUT2D eigenvalue weighted by molar-refractivity contribution is 0.102. The van der Waals surface area contributed by atoms with E-state index < -0.39 is 5.91 Å². The molecule has 0 saturated carbocycles. The number of carbonyl (C=O) groups excluding carboxylic acids is 1. The predicted molar refractivity (Wildman–Crippen MR) is 174 cm³/mol. The number of unbranched alkanes of at least 4 members (excludes halogenated alkanes) is 11. The van der Waals surface area contributed by atoms with Gasteiger partial charge in [-0.2, -0.15) is 0 Å². The first-order valence-corrected chi connectivity index (χ1v) is 16.7. The molecular formula is C34H45N5O3S. The number of carbonyl (C=O) groups is 1. The highest BCUT2D eigenvalue weighted by Gasteiger charge is 2.20. The fourth-order valence-corrected chi connectivity index (χ4v) is 6.17. The van der Waals surface area contributed by atoms with Crippen LogP contribution in [-0.2, 0) is 6.54 Å². The minimum Gasteiger partial charge on any atom is -0.506 e. The summed E-state index contributed by atoms with van der Waals surface area (Å²) in [4.78, 5) is 14.3. The van der Waals surface area contributed by atoms with Crippen LogP contribution < -0.4 is 10.1 Å². The van der Waals surface area contributed by atoms with Gasteiger partial charge >= 0.3 is 0 Å². The number of aromatic hydroxyl groups is 1. The quantitative estimate of drug-likeness (QED) is 0.103. The van der Waals surface area contributed by atoms with Gasteiger partial charge in [-0.1, -0.05) is 114 Å². The number of amides is 1. The Morgan fingerprint density at radius 1 is 0.860 bits per heavy atom. The van der Waals surface area contributed by atoms with Crippen LogP contribution in [0.1, 0.15) is 101 Å². The van der Waals surface area contributed by atoms with E-state index in [-0.39, 0.29) is 11.3 Å². The molecule has 0 fully saturated rings. The third-order valence-electron chi connectivity index (χ3n) is 7.61. The Hall–Kier alpha value is -3.59. The molecule has 230 valence electrons. The molecule has 0 bridgehead atoms. The number of phenolic OH excluding ortho intramolecular Hbond substituents is 1. The van der Waals surface area contributed by atoms with Crippen LogP contribution in [-0.4, -0.2) is 37.8 Å². The summed E-state index contributed by atoms with van der Waals surface area (Å²) in [6.07, 6.45) is 15.5. The van der Waals surface area contributed by atoms with Crippen molar-refractivity contribution in [2.45, 2.75) is 107 Å². The van der Waals surface area contributed by atoms with Crippen molar-refractivity contribution in [2.24, 2.45) is 0 Å². The molecule has 1 amide bonds. The number of nitrogens with one attached hydrogen (secondary N) is 1. The van der Waals surface area contributed by atoms with E-state index in [0.29, 0.717) is 35.1 Å². The number of tetrazole rings is 1. The molecule has 0 aliphatic carbocycles. The first-order valence-electron chi connectivity index (χ1n) is 15.8. The number of ether oxygens (including phenoxy) is 1. The Balaban J connectivity index is 1.31. The van der Waals surface area contributed by atoms with Crippen LogP contribution in [0.4, 0.5) is 5.69 Å². The maximum atomic E-state index is 13.5. The van der Waals surface area contributed by atoms with Crippen molar-refractivity contribution in [1.82, 2.24) is 20.2 Å². The predicted octanol–water partition coefficient (Wildman–Crippen LogP) is 9.04. The molecular weight excluding hydrogens is 558 g/mol. The van der Waals surface area contributed by atoms with Crippen molar-refractivity contribution in [3.63, 3.8) is 0 Å². The van der Waals surface area contributed by atoms with Crippen molar-refractivity contribution in [3.8, 4) is 11.5 Å². The van der Waals surface area contributed by atoms with Gasteiger partial charge in [-0.25, -0.2) is 4.68 Å². The number of anilines is 1. The number of phenols is 1. The molecule has 0 radical (unpaired) electrons. The lowest BCUT2D eigenvalue weighted by Crippen LogP contribution is -2.14.